The number of benzene rings is 1. The predicted molar refractivity (Wildman–Crippen MR) is 82.7 cm³/mol. The maximum Gasteiger partial charge on any atom is 0.165 e. The average molecular weight is 279 g/mol. The highest BCUT2D eigenvalue weighted by atomic mass is 19.1. The summed E-state index contributed by atoms with van der Waals surface area (Å²) in [5, 5.41) is 3.46. The fraction of sp³-hybridized carbons (Fsp3) is 0.529. The van der Waals surface area contributed by atoms with Crippen molar-refractivity contribution in [3.8, 4) is 5.75 Å². The lowest BCUT2D eigenvalue weighted by Crippen LogP contribution is -2.21. The Morgan fingerprint density at radius 2 is 2.15 bits per heavy atom. The zero-order valence-corrected chi connectivity index (χ0v) is 12.6. The van der Waals surface area contributed by atoms with Crippen LogP contribution in [0.5, 0.6) is 5.75 Å². The second-order valence-electron chi connectivity index (χ2n) is 4.93. The molecule has 1 atom stereocenters. The Balaban J connectivity index is 2.62. The van der Waals surface area contributed by atoms with Crippen LogP contribution in [0.3, 0.4) is 0 Å². The molecule has 0 aliphatic carbocycles. The van der Waals surface area contributed by atoms with Crippen LogP contribution in [-0.4, -0.2) is 13.7 Å². The van der Waals surface area contributed by atoms with Gasteiger partial charge in [0.05, 0.1) is 7.11 Å². The van der Waals surface area contributed by atoms with Gasteiger partial charge in [-0.25, -0.2) is 4.39 Å². The highest BCUT2D eigenvalue weighted by Crippen LogP contribution is 2.26. The average Bonchev–Trinajstić information content (AvgIpc) is 2.46. The Kier molecular flexibility index (Phi) is 7.97. The minimum atomic E-state index is -0.308. The van der Waals surface area contributed by atoms with Gasteiger partial charge in [0.15, 0.2) is 11.6 Å². The number of nitrogens with one attached hydrogen (secondary N) is 1. The summed E-state index contributed by atoms with van der Waals surface area (Å²) in [5.41, 5.74) is 1.09. The number of methoxy groups -OCH3 is 1. The molecule has 0 aliphatic rings. The van der Waals surface area contributed by atoms with E-state index >= 15 is 0 Å². The number of rotatable bonds is 10. The van der Waals surface area contributed by atoms with E-state index in [1.807, 2.05) is 12.1 Å². The summed E-state index contributed by atoms with van der Waals surface area (Å²) in [4.78, 5) is 0. The van der Waals surface area contributed by atoms with E-state index in [4.69, 9.17) is 4.74 Å². The number of allylic oxidation sites excluding steroid dienone is 1. The van der Waals surface area contributed by atoms with E-state index in [0.29, 0.717) is 5.75 Å². The van der Waals surface area contributed by atoms with Crippen molar-refractivity contribution in [1.29, 1.82) is 0 Å². The summed E-state index contributed by atoms with van der Waals surface area (Å²) in [6.07, 6.45) is 7.65. The van der Waals surface area contributed by atoms with Gasteiger partial charge in [-0.15, -0.1) is 6.58 Å². The highest BCUT2D eigenvalue weighted by Gasteiger charge is 2.12. The van der Waals surface area contributed by atoms with E-state index in [1.54, 1.807) is 6.07 Å². The first-order chi connectivity index (χ1) is 9.72. The standard InChI is InChI=1S/C17H26FNO/c1-4-6-7-8-9-10-16(19-5-2)14-11-12-15(18)17(13-14)20-3/h4,11-13,16,19H,1,5-10H2,2-3H3. The van der Waals surface area contributed by atoms with E-state index in [0.717, 1.165) is 31.4 Å². The molecule has 2 nitrogen and oxygen atoms in total. The van der Waals surface area contributed by atoms with Crippen molar-refractivity contribution in [2.45, 2.75) is 45.1 Å². The second kappa shape index (κ2) is 9.54. The van der Waals surface area contributed by atoms with E-state index < -0.39 is 0 Å². The molecule has 0 saturated heterocycles. The molecule has 112 valence electrons. The Bertz CT molecular complexity index is 406. The lowest BCUT2D eigenvalue weighted by molar-refractivity contribution is 0.384. The van der Waals surface area contributed by atoms with E-state index in [1.165, 1.54) is 26.0 Å². The summed E-state index contributed by atoms with van der Waals surface area (Å²) < 4.78 is 18.5. The Labute approximate surface area is 122 Å². The van der Waals surface area contributed by atoms with Gasteiger partial charge in [-0.2, -0.15) is 0 Å². The fourth-order valence-corrected chi connectivity index (χ4v) is 2.34. The molecule has 0 amide bonds. The van der Waals surface area contributed by atoms with Crippen molar-refractivity contribution in [2.75, 3.05) is 13.7 Å². The van der Waals surface area contributed by atoms with Gasteiger partial charge in [0.2, 0.25) is 0 Å². The number of unbranched alkanes of at least 4 members (excludes halogenated alkanes) is 3. The second-order valence-corrected chi connectivity index (χ2v) is 4.93. The Hall–Kier alpha value is -1.35. The van der Waals surface area contributed by atoms with Gasteiger partial charge in [-0.05, 0) is 43.5 Å². The molecular formula is C17H26FNO. The van der Waals surface area contributed by atoms with Gasteiger partial charge in [-0.1, -0.05) is 31.9 Å². The van der Waals surface area contributed by atoms with Crippen molar-refractivity contribution in [2.24, 2.45) is 0 Å². The fourth-order valence-electron chi connectivity index (χ4n) is 2.34. The Morgan fingerprint density at radius 1 is 1.35 bits per heavy atom. The Morgan fingerprint density at radius 3 is 2.80 bits per heavy atom. The van der Waals surface area contributed by atoms with E-state index in [-0.39, 0.29) is 11.9 Å². The van der Waals surface area contributed by atoms with Crippen molar-refractivity contribution in [3.63, 3.8) is 0 Å². The highest BCUT2D eigenvalue weighted by molar-refractivity contribution is 5.32. The smallest absolute Gasteiger partial charge is 0.165 e. The largest absolute Gasteiger partial charge is 0.494 e. The van der Waals surface area contributed by atoms with Crippen LogP contribution in [0.15, 0.2) is 30.9 Å². The minimum absolute atomic E-state index is 0.262. The van der Waals surface area contributed by atoms with Gasteiger partial charge >= 0.3 is 0 Å². The zero-order valence-electron chi connectivity index (χ0n) is 12.6. The van der Waals surface area contributed by atoms with Gasteiger partial charge in [0.1, 0.15) is 0 Å². The number of hydrogen-bond acceptors (Lipinski definition) is 2. The monoisotopic (exact) mass is 279 g/mol. The molecule has 1 N–H and O–H groups in total. The van der Waals surface area contributed by atoms with Crippen LogP contribution in [0, 0.1) is 5.82 Å². The van der Waals surface area contributed by atoms with Gasteiger partial charge in [0.25, 0.3) is 0 Å². The van der Waals surface area contributed by atoms with Crippen molar-refractivity contribution < 1.29 is 9.13 Å². The summed E-state index contributed by atoms with van der Waals surface area (Å²) in [7, 11) is 1.50. The normalized spacial score (nSPS) is 12.2. The first kappa shape index (κ1) is 16.7. The third-order valence-corrected chi connectivity index (χ3v) is 3.43. The van der Waals surface area contributed by atoms with Gasteiger partial charge < -0.3 is 10.1 Å². The molecule has 3 heteroatoms. The van der Waals surface area contributed by atoms with Crippen LogP contribution in [0.1, 0.15) is 50.6 Å². The van der Waals surface area contributed by atoms with Crippen LogP contribution in [0.25, 0.3) is 0 Å². The van der Waals surface area contributed by atoms with E-state index in [2.05, 4.69) is 18.8 Å². The van der Waals surface area contributed by atoms with E-state index in [9.17, 15) is 4.39 Å². The lowest BCUT2D eigenvalue weighted by Gasteiger charge is -2.19. The predicted octanol–water partition coefficient (Wildman–Crippen LogP) is 4.62. The molecule has 1 aromatic rings. The molecule has 20 heavy (non-hydrogen) atoms. The molecule has 0 spiro atoms. The number of hydrogen-bond donors (Lipinski definition) is 1. The third kappa shape index (κ3) is 5.33. The molecule has 0 radical (unpaired) electrons. The first-order valence-corrected chi connectivity index (χ1v) is 7.40. The van der Waals surface area contributed by atoms with Crippen LogP contribution >= 0.6 is 0 Å². The van der Waals surface area contributed by atoms with Gasteiger partial charge in [-0.3, -0.25) is 0 Å². The first-order valence-electron chi connectivity index (χ1n) is 7.40. The molecule has 0 aliphatic heterocycles. The minimum Gasteiger partial charge on any atom is -0.494 e. The maximum absolute atomic E-state index is 13.5. The van der Waals surface area contributed by atoms with Crippen LogP contribution in [0.4, 0.5) is 4.39 Å². The SMILES string of the molecule is C=CCCCCCC(NCC)c1ccc(F)c(OC)c1. The molecule has 0 bridgehead atoms. The summed E-state index contributed by atoms with van der Waals surface area (Å²) in [6, 6.07) is 5.38. The maximum atomic E-state index is 13.5. The third-order valence-electron chi connectivity index (χ3n) is 3.43. The van der Waals surface area contributed by atoms with Crippen molar-refractivity contribution in [1.82, 2.24) is 5.32 Å². The van der Waals surface area contributed by atoms with Crippen LogP contribution < -0.4 is 10.1 Å². The van der Waals surface area contributed by atoms with Crippen LogP contribution in [0.2, 0.25) is 0 Å². The summed E-state index contributed by atoms with van der Waals surface area (Å²) in [6.45, 7) is 6.72. The molecule has 0 fully saturated rings. The summed E-state index contributed by atoms with van der Waals surface area (Å²) >= 11 is 0. The zero-order chi connectivity index (χ0) is 14.8. The topological polar surface area (TPSA) is 21.3 Å². The quantitative estimate of drug-likeness (QED) is 0.498. The van der Waals surface area contributed by atoms with Gasteiger partial charge in [0, 0.05) is 6.04 Å². The molecule has 0 saturated carbocycles. The molecule has 1 rings (SSSR count). The lowest BCUT2D eigenvalue weighted by atomic mass is 9.99. The van der Waals surface area contributed by atoms with Crippen molar-refractivity contribution >= 4 is 0 Å². The molecular weight excluding hydrogens is 253 g/mol. The number of ether oxygens (including phenoxy) is 1. The van der Waals surface area contributed by atoms with Crippen molar-refractivity contribution in [3.05, 3.63) is 42.2 Å². The van der Waals surface area contributed by atoms with Crippen LogP contribution in [-0.2, 0) is 0 Å². The molecule has 0 heterocycles. The molecule has 0 aromatic heterocycles. The summed E-state index contributed by atoms with van der Waals surface area (Å²) in [5.74, 6) is 0.00884. The molecule has 1 unspecified atom stereocenters. The molecule has 1 aromatic carbocycles. The number of halogens is 1.